The van der Waals surface area contributed by atoms with Gasteiger partial charge < -0.3 is 25.2 Å². The van der Waals surface area contributed by atoms with E-state index in [2.05, 4.69) is 15.6 Å². The second-order valence-corrected chi connectivity index (χ2v) is 6.25. The highest BCUT2D eigenvalue weighted by atomic mass is 127. The monoisotopic (exact) mass is 495 g/mol. The molecule has 1 aliphatic heterocycles. The van der Waals surface area contributed by atoms with Crippen molar-refractivity contribution < 1.29 is 19.0 Å². The first kappa shape index (κ1) is 24.1. The maximum absolute atomic E-state index is 13.7. The third-order valence-corrected chi connectivity index (χ3v) is 4.12. The number of aliphatic hydroxyl groups is 1. The van der Waals surface area contributed by atoms with Crippen molar-refractivity contribution in [2.75, 3.05) is 39.5 Å². The van der Waals surface area contributed by atoms with Crippen LogP contribution in [0.25, 0.3) is 0 Å². The highest BCUT2D eigenvalue weighted by Crippen LogP contribution is 2.16. The summed E-state index contributed by atoms with van der Waals surface area (Å²) < 4.78 is 24.8. The number of guanidine groups is 1. The van der Waals surface area contributed by atoms with Crippen molar-refractivity contribution in [1.29, 1.82) is 0 Å². The van der Waals surface area contributed by atoms with Gasteiger partial charge in [0.1, 0.15) is 11.9 Å². The Morgan fingerprint density at radius 2 is 2.22 bits per heavy atom. The van der Waals surface area contributed by atoms with Gasteiger partial charge in [0.25, 0.3) is 0 Å². The molecule has 2 atom stereocenters. The lowest BCUT2D eigenvalue weighted by Gasteiger charge is -2.14. The Morgan fingerprint density at radius 1 is 1.41 bits per heavy atom. The molecule has 0 spiro atoms. The van der Waals surface area contributed by atoms with Crippen molar-refractivity contribution in [2.24, 2.45) is 4.99 Å². The number of hydrogen-bond acceptors (Lipinski definition) is 4. The first-order chi connectivity index (χ1) is 12.7. The molecule has 0 saturated carbocycles. The Labute approximate surface area is 177 Å². The quantitative estimate of drug-likeness (QED) is 0.202. The van der Waals surface area contributed by atoms with Crippen molar-refractivity contribution in [3.8, 4) is 0 Å². The molecule has 0 aromatic heterocycles. The van der Waals surface area contributed by atoms with Crippen LogP contribution in [0, 0.1) is 5.82 Å². The van der Waals surface area contributed by atoms with Crippen LogP contribution in [0.15, 0.2) is 29.3 Å². The molecule has 6 nitrogen and oxygen atoms in total. The summed E-state index contributed by atoms with van der Waals surface area (Å²) in [7, 11) is 0. The van der Waals surface area contributed by atoms with Gasteiger partial charge in [-0.15, -0.1) is 24.0 Å². The minimum Gasteiger partial charge on any atom is -0.386 e. The van der Waals surface area contributed by atoms with E-state index >= 15 is 0 Å². The van der Waals surface area contributed by atoms with Gasteiger partial charge in [-0.2, -0.15) is 0 Å². The molecule has 1 aromatic rings. The fraction of sp³-hybridized carbons (Fsp3) is 0.632. The number of aliphatic hydroxyl groups excluding tert-OH is 1. The van der Waals surface area contributed by atoms with Crippen LogP contribution in [-0.2, 0) is 9.47 Å². The second-order valence-electron chi connectivity index (χ2n) is 6.25. The fourth-order valence-electron chi connectivity index (χ4n) is 2.73. The molecule has 1 fully saturated rings. The van der Waals surface area contributed by atoms with Gasteiger partial charge >= 0.3 is 0 Å². The highest BCUT2D eigenvalue weighted by Gasteiger charge is 2.15. The number of benzene rings is 1. The molecular formula is C19H31FIN3O3. The molecule has 0 radical (unpaired) electrons. The largest absolute Gasteiger partial charge is 0.386 e. The predicted octanol–water partition coefficient (Wildman–Crippen LogP) is 2.62. The first-order valence-electron chi connectivity index (χ1n) is 9.34. The van der Waals surface area contributed by atoms with Crippen LogP contribution in [0.1, 0.15) is 37.9 Å². The van der Waals surface area contributed by atoms with Crippen LogP contribution >= 0.6 is 24.0 Å². The van der Waals surface area contributed by atoms with Crippen molar-refractivity contribution in [1.82, 2.24) is 10.6 Å². The third-order valence-electron chi connectivity index (χ3n) is 4.12. The smallest absolute Gasteiger partial charge is 0.191 e. The molecule has 3 N–H and O–H groups in total. The zero-order valence-corrected chi connectivity index (χ0v) is 18.2. The van der Waals surface area contributed by atoms with Gasteiger partial charge in [-0.05, 0) is 32.3 Å². The van der Waals surface area contributed by atoms with E-state index in [1.807, 2.05) is 6.92 Å². The van der Waals surface area contributed by atoms with Gasteiger partial charge in [-0.1, -0.05) is 18.2 Å². The fourth-order valence-corrected chi connectivity index (χ4v) is 2.73. The predicted molar refractivity (Wildman–Crippen MR) is 115 cm³/mol. The Bertz CT molecular complexity index is 557. The van der Waals surface area contributed by atoms with Gasteiger partial charge in [0, 0.05) is 31.9 Å². The zero-order valence-electron chi connectivity index (χ0n) is 15.8. The summed E-state index contributed by atoms with van der Waals surface area (Å²) in [4.78, 5) is 4.33. The maximum atomic E-state index is 13.7. The Balaban J connectivity index is 0.00000364. The summed E-state index contributed by atoms with van der Waals surface area (Å²) in [6, 6.07) is 6.20. The zero-order chi connectivity index (χ0) is 18.6. The Hall–Kier alpha value is -0.970. The molecule has 27 heavy (non-hydrogen) atoms. The van der Waals surface area contributed by atoms with Crippen LogP contribution in [0.5, 0.6) is 0 Å². The minimum atomic E-state index is -0.971. The summed E-state index contributed by atoms with van der Waals surface area (Å²) in [5.74, 6) is 0.179. The van der Waals surface area contributed by atoms with Crippen molar-refractivity contribution in [3.63, 3.8) is 0 Å². The van der Waals surface area contributed by atoms with Gasteiger partial charge in [0.2, 0.25) is 0 Å². The molecule has 1 aromatic carbocycles. The van der Waals surface area contributed by atoms with E-state index in [-0.39, 0.29) is 42.2 Å². The molecule has 0 amide bonds. The molecule has 1 aliphatic rings. The SMILES string of the molecule is CCNC(=NCC(O)c1ccccc1F)NCCCOCC1CCCO1.I. The minimum absolute atomic E-state index is 0. The number of nitrogens with one attached hydrogen (secondary N) is 2. The number of aliphatic imine (C=N–C) groups is 1. The molecule has 0 bridgehead atoms. The van der Waals surface area contributed by atoms with Crippen LogP contribution in [-0.4, -0.2) is 56.6 Å². The molecule has 0 aliphatic carbocycles. The summed E-state index contributed by atoms with van der Waals surface area (Å²) in [6.45, 7) is 5.62. The van der Waals surface area contributed by atoms with E-state index in [1.54, 1.807) is 18.2 Å². The van der Waals surface area contributed by atoms with E-state index in [4.69, 9.17) is 9.47 Å². The number of hydrogen-bond donors (Lipinski definition) is 3. The van der Waals surface area contributed by atoms with E-state index < -0.39 is 11.9 Å². The van der Waals surface area contributed by atoms with E-state index in [1.165, 1.54) is 6.07 Å². The van der Waals surface area contributed by atoms with Gasteiger partial charge in [0.05, 0.1) is 19.3 Å². The lowest BCUT2D eigenvalue weighted by molar-refractivity contribution is 0.0168. The van der Waals surface area contributed by atoms with E-state index in [0.29, 0.717) is 32.3 Å². The molecule has 2 rings (SSSR count). The highest BCUT2D eigenvalue weighted by molar-refractivity contribution is 14.0. The van der Waals surface area contributed by atoms with Crippen molar-refractivity contribution >= 4 is 29.9 Å². The number of ether oxygens (including phenoxy) is 2. The first-order valence-corrected chi connectivity index (χ1v) is 9.34. The molecule has 2 unspecified atom stereocenters. The number of nitrogens with zero attached hydrogens (tertiary/aromatic N) is 1. The Kier molecular flexibility index (Phi) is 12.6. The van der Waals surface area contributed by atoms with E-state index in [0.717, 1.165) is 25.9 Å². The third kappa shape index (κ3) is 9.18. The van der Waals surface area contributed by atoms with Gasteiger partial charge in [0.15, 0.2) is 5.96 Å². The molecular weight excluding hydrogens is 464 g/mol. The molecule has 154 valence electrons. The summed E-state index contributed by atoms with van der Waals surface area (Å²) >= 11 is 0. The van der Waals surface area contributed by atoms with Crippen LogP contribution in [0.3, 0.4) is 0 Å². The van der Waals surface area contributed by atoms with Crippen LogP contribution in [0.4, 0.5) is 4.39 Å². The standard InChI is InChI=1S/C19H30FN3O3.HI/c1-2-21-19(22-10-6-11-25-14-15-7-5-12-26-15)23-13-18(24)16-8-3-4-9-17(16)20;/h3-4,8-9,15,18,24H,2,5-7,10-14H2,1H3,(H2,21,22,23);1H. The average molecular weight is 495 g/mol. The Morgan fingerprint density at radius 3 is 2.93 bits per heavy atom. The van der Waals surface area contributed by atoms with E-state index in [9.17, 15) is 9.50 Å². The lowest BCUT2D eigenvalue weighted by atomic mass is 10.1. The normalized spacial score (nSPS) is 18.0. The summed E-state index contributed by atoms with van der Waals surface area (Å²) in [5, 5.41) is 16.4. The molecule has 1 heterocycles. The van der Waals surface area contributed by atoms with Crippen molar-refractivity contribution in [3.05, 3.63) is 35.6 Å². The summed E-state index contributed by atoms with van der Waals surface area (Å²) in [6.07, 6.45) is 2.33. The maximum Gasteiger partial charge on any atom is 0.191 e. The topological polar surface area (TPSA) is 75.1 Å². The number of halogens is 2. The van der Waals surface area contributed by atoms with Gasteiger partial charge in [-0.25, -0.2) is 4.39 Å². The molecule has 1 saturated heterocycles. The number of rotatable bonds is 10. The van der Waals surface area contributed by atoms with Crippen molar-refractivity contribution in [2.45, 2.75) is 38.4 Å². The van der Waals surface area contributed by atoms with Crippen LogP contribution < -0.4 is 10.6 Å². The summed E-state index contributed by atoms with van der Waals surface area (Å²) in [5.41, 5.74) is 0.259. The lowest BCUT2D eigenvalue weighted by Crippen LogP contribution is -2.38. The van der Waals surface area contributed by atoms with Crippen LogP contribution in [0.2, 0.25) is 0 Å². The average Bonchev–Trinajstić information content (AvgIpc) is 3.16. The second kappa shape index (κ2) is 14.1. The molecule has 8 heteroatoms. The van der Waals surface area contributed by atoms with Gasteiger partial charge in [-0.3, -0.25) is 4.99 Å².